The Labute approximate surface area is 113 Å². The van der Waals surface area contributed by atoms with Crippen LogP contribution >= 0.6 is 11.9 Å². The fraction of sp³-hybridized carbons (Fsp3) is 0.769. The van der Waals surface area contributed by atoms with E-state index in [0.29, 0.717) is 6.04 Å². The highest BCUT2D eigenvalue weighted by Gasteiger charge is 2.44. The Hall–Kier alpha value is -0.520. The fourth-order valence-corrected chi connectivity index (χ4v) is 3.65. The monoisotopic (exact) mass is 266 g/mol. The molecule has 0 amide bonds. The van der Waals surface area contributed by atoms with E-state index in [4.69, 9.17) is 0 Å². The normalized spacial score (nSPS) is 28.7. The summed E-state index contributed by atoms with van der Waals surface area (Å²) in [6.45, 7) is 7.85. The van der Waals surface area contributed by atoms with Crippen LogP contribution in [0.2, 0.25) is 0 Å². The summed E-state index contributed by atoms with van der Waals surface area (Å²) in [5.74, 6) is 0. The minimum atomic E-state index is 0.460. The predicted octanol–water partition coefficient (Wildman–Crippen LogP) is 2.00. The van der Waals surface area contributed by atoms with E-state index in [9.17, 15) is 0 Å². The Balaban J connectivity index is 1.61. The largest absolute Gasteiger partial charge is 0.290 e. The van der Waals surface area contributed by atoms with E-state index in [0.717, 1.165) is 18.6 Å². The van der Waals surface area contributed by atoms with Crippen molar-refractivity contribution < 1.29 is 0 Å². The van der Waals surface area contributed by atoms with Crippen molar-refractivity contribution >= 4 is 11.9 Å². The number of piperidine rings is 1. The van der Waals surface area contributed by atoms with E-state index in [1.807, 2.05) is 18.1 Å². The van der Waals surface area contributed by atoms with Crippen molar-refractivity contribution in [1.82, 2.24) is 19.0 Å². The maximum atomic E-state index is 4.43. The van der Waals surface area contributed by atoms with Gasteiger partial charge in [-0.05, 0) is 26.5 Å². The van der Waals surface area contributed by atoms with Gasteiger partial charge in [0.15, 0.2) is 0 Å². The average Bonchev–Trinajstić information content (AvgIpc) is 2.85. The molecule has 0 saturated carbocycles. The third-order valence-corrected chi connectivity index (χ3v) is 4.93. The van der Waals surface area contributed by atoms with Crippen LogP contribution < -0.4 is 0 Å². The van der Waals surface area contributed by atoms with Crippen molar-refractivity contribution in [3.05, 3.63) is 18.0 Å². The second kappa shape index (κ2) is 4.87. The molecule has 2 bridgehead atoms. The van der Waals surface area contributed by atoms with E-state index < -0.39 is 0 Å². The molecule has 4 nitrogen and oxygen atoms in total. The highest BCUT2D eigenvalue weighted by molar-refractivity contribution is 7.96. The molecule has 1 aromatic heterocycles. The molecular formula is C13H22N4S. The summed E-state index contributed by atoms with van der Waals surface area (Å²) in [6, 6.07) is 1.99. The lowest BCUT2D eigenvalue weighted by Gasteiger charge is -2.55. The van der Waals surface area contributed by atoms with Crippen LogP contribution in [-0.4, -0.2) is 50.4 Å². The van der Waals surface area contributed by atoms with Gasteiger partial charge in [-0.25, -0.2) is 4.31 Å². The molecule has 18 heavy (non-hydrogen) atoms. The summed E-state index contributed by atoms with van der Waals surface area (Å²) in [7, 11) is 0. The predicted molar refractivity (Wildman–Crippen MR) is 75.4 cm³/mol. The first-order valence-corrected chi connectivity index (χ1v) is 7.93. The summed E-state index contributed by atoms with van der Waals surface area (Å²) in [5, 5.41) is 4.43. The topological polar surface area (TPSA) is 24.3 Å². The fourth-order valence-electron chi connectivity index (χ4n) is 3.01. The summed E-state index contributed by atoms with van der Waals surface area (Å²) in [6.07, 6.45) is 7.79. The van der Waals surface area contributed by atoms with Crippen molar-refractivity contribution in [2.75, 3.05) is 19.3 Å². The molecule has 2 atom stereocenters. The number of piperazine rings is 1. The Morgan fingerprint density at radius 3 is 2.67 bits per heavy atom. The molecule has 3 aliphatic rings. The number of aromatic nitrogens is 2. The van der Waals surface area contributed by atoms with Gasteiger partial charge in [0.05, 0.1) is 6.20 Å². The van der Waals surface area contributed by atoms with Crippen LogP contribution in [0, 0.1) is 0 Å². The highest BCUT2D eigenvalue weighted by atomic mass is 32.2. The van der Waals surface area contributed by atoms with Crippen molar-refractivity contribution in [2.45, 2.75) is 44.9 Å². The summed E-state index contributed by atoms with van der Waals surface area (Å²) in [5.41, 5.74) is 1.36. The van der Waals surface area contributed by atoms with Crippen LogP contribution in [0.4, 0.5) is 0 Å². The molecule has 2 unspecified atom stereocenters. The van der Waals surface area contributed by atoms with Crippen molar-refractivity contribution in [3.8, 4) is 0 Å². The first-order chi connectivity index (χ1) is 8.67. The van der Waals surface area contributed by atoms with Gasteiger partial charge in [-0.2, -0.15) is 5.10 Å². The summed E-state index contributed by atoms with van der Waals surface area (Å²) < 4.78 is 4.55. The van der Waals surface area contributed by atoms with Gasteiger partial charge in [-0.1, -0.05) is 11.9 Å². The number of fused-ring (bicyclic) bond motifs is 2. The zero-order chi connectivity index (χ0) is 12.7. The van der Waals surface area contributed by atoms with Crippen molar-refractivity contribution in [1.29, 1.82) is 0 Å². The average molecular weight is 266 g/mol. The number of rotatable bonds is 4. The molecule has 4 rings (SSSR count). The molecule has 4 heterocycles. The second-order valence-corrected chi connectivity index (χ2v) is 6.55. The van der Waals surface area contributed by atoms with E-state index in [1.54, 1.807) is 0 Å². The molecule has 0 radical (unpaired) electrons. The quantitative estimate of drug-likeness (QED) is 0.778. The number of nitrogens with zero attached hydrogens (tertiary/aromatic N) is 4. The third kappa shape index (κ3) is 2.19. The van der Waals surface area contributed by atoms with Gasteiger partial charge in [0.25, 0.3) is 0 Å². The Kier molecular flexibility index (Phi) is 3.38. The van der Waals surface area contributed by atoms with Gasteiger partial charge >= 0.3 is 0 Å². The summed E-state index contributed by atoms with van der Waals surface area (Å²) >= 11 is 1.89. The van der Waals surface area contributed by atoms with Crippen molar-refractivity contribution in [2.24, 2.45) is 0 Å². The number of hydrogen-bond donors (Lipinski definition) is 0. The summed E-state index contributed by atoms with van der Waals surface area (Å²) in [4.78, 5) is 2.65. The van der Waals surface area contributed by atoms with Crippen molar-refractivity contribution in [3.63, 3.8) is 0 Å². The standard InChI is InChI=1S/C13H22N4S/c1-10(2)17-7-11(5-14-17)6-16-12-4-13(16)9-15(8-12)18-3/h5,7,10,12-13H,4,6,8-9H2,1-3H3. The highest BCUT2D eigenvalue weighted by Crippen LogP contribution is 2.35. The molecule has 3 saturated heterocycles. The van der Waals surface area contributed by atoms with Gasteiger partial charge in [-0.15, -0.1) is 0 Å². The van der Waals surface area contributed by atoms with Crippen LogP contribution in [0.5, 0.6) is 0 Å². The zero-order valence-electron chi connectivity index (χ0n) is 11.4. The van der Waals surface area contributed by atoms with Crippen LogP contribution in [0.3, 0.4) is 0 Å². The Bertz CT molecular complexity index is 405. The Morgan fingerprint density at radius 2 is 2.11 bits per heavy atom. The molecule has 0 aliphatic carbocycles. The minimum absolute atomic E-state index is 0.460. The van der Waals surface area contributed by atoms with Gasteiger partial charge in [-0.3, -0.25) is 9.58 Å². The molecule has 100 valence electrons. The van der Waals surface area contributed by atoms with Crippen LogP contribution in [-0.2, 0) is 6.54 Å². The molecule has 0 aromatic carbocycles. The van der Waals surface area contributed by atoms with Gasteiger partial charge < -0.3 is 0 Å². The third-order valence-electron chi connectivity index (χ3n) is 4.12. The van der Waals surface area contributed by atoms with E-state index in [-0.39, 0.29) is 0 Å². The van der Waals surface area contributed by atoms with E-state index in [2.05, 4.69) is 45.3 Å². The number of hydrogen-bond acceptors (Lipinski definition) is 4. The zero-order valence-corrected chi connectivity index (χ0v) is 12.2. The molecule has 1 aromatic rings. The SMILES string of the molecule is CSN1CC2CC(C1)N2Cc1cnn(C(C)C)c1. The lowest BCUT2D eigenvalue weighted by Crippen LogP contribution is -2.66. The molecule has 3 aliphatic heterocycles. The molecule has 0 spiro atoms. The lowest BCUT2D eigenvalue weighted by molar-refractivity contribution is -0.0469. The molecular weight excluding hydrogens is 244 g/mol. The maximum Gasteiger partial charge on any atom is 0.0534 e. The maximum absolute atomic E-state index is 4.43. The van der Waals surface area contributed by atoms with Crippen LogP contribution in [0.25, 0.3) is 0 Å². The molecule has 0 N–H and O–H groups in total. The van der Waals surface area contributed by atoms with Gasteiger partial charge in [0.1, 0.15) is 0 Å². The lowest BCUT2D eigenvalue weighted by atomic mass is 9.88. The van der Waals surface area contributed by atoms with Crippen LogP contribution in [0.15, 0.2) is 12.4 Å². The van der Waals surface area contributed by atoms with E-state index in [1.165, 1.54) is 25.1 Å². The van der Waals surface area contributed by atoms with E-state index >= 15 is 0 Å². The first-order valence-electron chi connectivity index (χ1n) is 6.75. The second-order valence-electron chi connectivity index (χ2n) is 5.67. The first kappa shape index (κ1) is 12.5. The van der Waals surface area contributed by atoms with Gasteiger partial charge in [0, 0.05) is 49.5 Å². The minimum Gasteiger partial charge on any atom is -0.290 e. The smallest absolute Gasteiger partial charge is 0.0534 e. The molecule has 5 heteroatoms. The van der Waals surface area contributed by atoms with Crippen LogP contribution in [0.1, 0.15) is 31.9 Å². The Morgan fingerprint density at radius 1 is 1.39 bits per heavy atom. The molecule has 3 fully saturated rings. The van der Waals surface area contributed by atoms with Gasteiger partial charge in [0.2, 0.25) is 0 Å².